The van der Waals surface area contributed by atoms with E-state index < -0.39 is 11.0 Å². The summed E-state index contributed by atoms with van der Waals surface area (Å²) in [6.45, 7) is 13.0. The van der Waals surface area contributed by atoms with E-state index in [0.29, 0.717) is 6.47 Å². The molecule has 2 unspecified atom stereocenters. The summed E-state index contributed by atoms with van der Waals surface area (Å²) in [6, 6.07) is 0. The molecule has 2 fully saturated rings. The molecule has 132 valence electrons. The highest BCUT2D eigenvalue weighted by Gasteiger charge is 2.55. The Hall–Kier alpha value is -1.06. The predicted octanol–water partition coefficient (Wildman–Crippen LogP) is 4.26. The van der Waals surface area contributed by atoms with Crippen molar-refractivity contribution in [2.45, 2.75) is 91.8 Å². The van der Waals surface area contributed by atoms with Crippen LogP contribution in [0.1, 0.15) is 80.1 Å². The van der Waals surface area contributed by atoms with Gasteiger partial charge in [0.15, 0.2) is 0 Å². The lowest BCUT2D eigenvalue weighted by molar-refractivity contribution is -0.194. The lowest BCUT2D eigenvalue weighted by Crippen LogP contribution is -2.54. The summed E-state index contributed by atoms with van der Waals surface area (Å²) >= 11 is 0. The molecule has 0 N–H and O–H groups in total. The molecule has 4 heteroatoms. The van der Waals surface area contributed by atoms with Crippen LogP contribution in [0.5, 0.6) is 0 Å². The van der Waals surface area contributed by atoms with Gasteiger partial charge in [0.2, 0.25) is 0 Å². The minimum Gasteiger partial charge on any atom is -0.465 e. The normalized spacial score (nSPS) is 40.3. The first-order valence-electron chi connectivity index (χ1n) is 8.78. The molecule has 0 amide bonds. The minimum atomic E-state index is -0.444. The number of hydrogen-bond acceptors (Lipinski definition) is 4. The maximum Gasteiger partial charge on any atom is 0.312 e. The quantitative estimate of drug-likeness (QED) is 0.560. The van der Waals surface area contributed by atoms with E-state index in [1.165, 1.54) is 0 Å². The van der Waals surface area contributed by atoms with Gasteiger partial charge in [-0.25, -0.2) is 0 Å². The first-order valence-corrected chi connectivity index (χ1v) is 8.78. The fourth-order valence-corrected chi connectivity index (χ4v) is 5.24. The van der Waals surface area contributed by atoms with Crippen LogP contribution in [-0.2, 0) is 19.1 Å². The zero-order valence-corrected chi connectivity index (χ0v) is 15.5. The van der Waals surface area contributed by atoms with Gasteiger partial charge >= 0.3 is 5.97 Å². The molecule has 0 aromatic rings. The number of fused-ring (bicyclic) bond motifs is 2. The highest BCUT2D eigenvalue weighted by Crippen LogP contribution is 2.59. The summed E-state index contributed by atoms with van der Waals surface area (Å²) in [7, 11) is 0. The Bertz CT molecular complexity index is 464. The van der Waals surface area contributed by atoms with Crippen LogP contribution in [0.4, 0.5) is 0 Å². The average molecular weight is 324 g/mol. The Morgan fingerprint density at radius 1 is 1.13 bits per heavy atom. The maximum atomic E-state index is 12.6. The number of rotatable bonds is 5. The van der Waals surface area contributed by atoms with Crippen LogP contribution in [0.25, 0.3) is 0 Å². The molecule has 0 radical (unpaired) electrons. The van der Waals surface area contributed by atoms with Crippen LogP contribution in [0.3, 0.4) is 0 Å². The van der Waals surface area contributed by atoms with Gasteiger partial charge in [0, 0.05) is 0 Å². The van der Waals surface area contributed by atoms with Gasteiger partial charge in [-0.15, -0.1) is 0 Å². The number of hydrogen-bond donors (Lipinski definition) is 0. The monoisotopic (exact) mass is 324 g/mol. The van der Waals surface area contributed by atoms with Crippen molar-refractivity contribution in [3.05, 3.63) is 0 Å². The molecule has 0 aromatic carbocycles. The third-order valence-electron chi connectivity index (χ3n) is 5.92. The first-order chi connectivity index (χ1) is 10.4. The molecule has 2 saturated carbocycles. The van der Waals surface area contributed by atoms with Crippen LogP contribution in [0.2, 0.25) is 0 Å². The number of carbonyl (C=O) groups is 2. The summed E-state index contributed by atoms with van der Waals surface area (Å²) in [5.74, 6) is -0.102. The van der Waals surface area contributed by atoms with Gasteiger partial charge in [-0.05, 0) is 70.1 Å². The van der Waals surface area contributed by atoms with Crippen molar-refractivity contribution < 1.29 is 19.1 Å². The molecule has 0 spiro atoms. The molecule has 4 nitrogen and oxygen atoms in total. The molecule has 0 saturated heterocycles. The molecule has 2 aliphatic rings. The Kier molecular flexibility index (Phi) is 4.60. The first kappa shape index (κ1) is 18.3. The van der Waals surface area contributed by atoms with Crippen LogP contribution < -0.4 is 0 Å². The smallest absolute Gasteiger partial charge is 0.312 e. The Morgan fingerprint density at radius 3 is 2.09 bits per heavy atom. The lowest BCUT2D eigenvalue weighted by Gasteiger charge is -2.57. The van der Waals surface area contributed by atoms with Crippen LogP contribution in [-0.4, -0.2) is 24.1 Å². The Labute approximate surface area is 140 Å². The van der Waals surface area contributed by atoms with Crippen molar-refractivity contribution >= 4 is 12.4 Å². The number of ether oxygens (including phenoxy) is 2. The highest BCUT2D eigenvalue weighted by atomic mass is 16.6. The largest absolute Gasteiger partial charge is 0.465 e. The molecule has 0 aromatic heterocycles. The third-order valence-corrected chi connectivity index (χ3v) is 5.92. The third kappa shape index (κ3) is 3.89. The van der Waals surface area contributed by atoms with Gasteiger partial charge in [-0.2, -0.15) is 0 Å². The summed E-state index contributed by atoms with van der Waals surface area (Å²) in [6.07, 6.45) is 5.23. The van der Waals surface area contributed by atoms with E-state index in [1.807, 2.05) is 20.8 Å². The van der Waals surface area contributed by atoms with Crippen molar-refractivity contribution in [3.8, 4) is 0 Å². The molecule has 2 rings (SSSR count). The molecule has 2 bridgehead atoms. The summed E-state index contributed by atoms with van der Waals surface area (Å²) in [5.41, 5.74) is -0.785. The topological polar surface area (TPSA) is 52.6 Å². The summed E-state index contributed by atoms with van der Waals surface area (Å²) in [4.78, 5) is 23.3. The fourth-order valence-electron chi connectivity index (χ4n) is 5.24. The predicted molar refractivity (Wildman–Crippen MR) is 88.8 cm³/mol. The van der Waals surface area contributed by atoms with Gasteiger partial charge in [-0.3, -0.25) is 9.59 Å². The highest BCUT2D eigenvalue weighted by molar-refractivity contribution is 5.76. The fraction of sp³-hybridized carbons (Fsp3) is 0.895. The standard InChI is InChI=1S/C19H32O4/c1-7-16(2,3)15(21)23-19(6)11-17(4)8-14(22-13-20)9-18(5,10-17)12-19/h13-14H,7-12H2,1-6H3. The molecule has 0 heterocycles. The molecule has 2 aliphatic carbocycles. The van der Waals surface area contributed by atoms with Gasteiger partial charge in [0.1, 0.15) is 11.7 Å². The maximum absolute atomic E-state index is 12.6. The van der Waals surface area contributed by atoms with Crippen molar-refractivity contribution in [1.82, 2.24) is 0 Å². The molecular formula is C19H32O4. The molecule has 23 heavy (non-hydrogen) atoms. The molecular weight excluding hydrogens is 292 g/mol. The lowest BCUT2D eigenvalue weighted by atomic mass is 9.52. The van der Waals surface area contributed by atoms with Crippen molar-refractivity contribution in [2.75, 3.05) is 0 Å². The zero-order valence-electron chi connectivity index (χ0n) is 15.5. The van der Waals surface area contributed by atoms with Crippen LogP contribution in [0.15, 0.2) is 0 Å². The molecule has 2 atom stereocenters. The zero-order chi connectivity index (χ0) is 17.5. The van der Waals surface area contributed by atoms with Gasteiger partial charge in [0.05, 0.1) is 5.41 Å². The van der Waals surface area contributed by atoms with E-state index in [-0.39, 0.29) is 22.9 Å². The van der Waals surface area contributed by atoms with E-state index in [9.17, 15) is 9.59 Å². The summed E-state index contributed by atoms with van der Waals surface area (Å²) < 4.78 is 11.3. The van der Waals surface area contributed by atoms with E-state index in [4.69, 9.17) is 9.47 Å². The van der Waals surface area contributed by atoms with Gasteiger partial charge in [0.25, 0.3) is 6.47 Å². The Balaban J connectivity index is 2.18. The summed E-state index contributed by atoms with van der Waals surface area (Å²) in [5, 5.41) is 0. The Morgan fingerprint density at radius 2 is 1.65 bits per heavy atom. The van der Waals surface area contributed by atoms with Gasteiger partial charge in [-0.1, -0.05) is 20.8 Å². The second-order valence-corrected chi connectivity index (χ2v) is 9.49. The second-order valence-electron chi connectivity index (χ2n) is 9.49. The van der Waals surface area contributed by atoms with Gasteiger partial charge < -0.3 is 9.47 Å². The van der Waals surface area contributed by atoms with Crippen molar-refractivity contribution in [1.29, 1.82) is 0 Å². The average Bonchev–Trinajstić information content (AvgIpc) is 2.34. The molecule has 0 aliphatic heterocycles. The van der Waals surface area contributed by atoms with E-state index >= 15 is 0 Å². The number of esters is 1. The SMILES string of the molecule is CCC(C)(C)C(=O)OC1(C)CC2(C)CC(OC=O)CC(C)(C2)C1. The van der Waals surface area contributed by atoms with Crippen LogP contribution >= 0.6 is 0 Å². The van der Waals surface area contributed by atoms with Crippen molar-refractivity contribution in [2.24, 2.45) is 16.2 Å². The van der Waals surface area contributed by atoms with E-state index in [1.54, 1.807) is 0 Å². The number of carbonyl (C=O) groups excluding carboxylic acids is 2. The van der Waals surface area contributed by atoms with Crippen molar-refractivity contribution in [3.63, 3.8) is 0 Å². The van der Waals surface area contributed by atoms with E-state index in [0.717, 1.165) is 38.5 Å². The van der Waals surface area contributed by atoms with E-state index in [2.05, 4.69) is 20.8 Å². The second kappa shape index (κ2) is 5.78. The van der Waals surface area contributed by atoms with Crippen LogP contribution in [0, 0.1) is 16.2 Å². The minimum absolute atomic E-state index is 0.0106.